The number of rotatable bonds is 3. The number of hydrogen-bond acceptors (Lipinski definition) is 5. The number of carbonyl (C=O) groups excluding carboxylic acids is 1. The number of nitrogens with zero attached hydrogens (tertiary/aromatic N) is 5. The first-order chi connectivity index (χ1) is 14.9. The Labute approximate surface area is 176 Å². The third-order valence-electron chi connectivity index (χ3n) is 5.05. The van der Waals surface area contributed by atoms with Gasteiger partial charge in [-0.15, -0.1) is 15.3 Å². The highest BCUT2D eigenvalue weighted by atomic mass is 19.4. The molecule has 0 bridgehead atoms. The number of piperidine rings is 1. The molecule has 0 unspecified atom stereocenters. The summed E-state index contributed by atoms with van der Waals surface area (Å²) in [5.74, 6) is 4.92. The molecule has 4 rings (SSSR count). The predicted molar refractivity (Wildman–Crippen MR) is 107 cm³/mol. The quantitative estimate of drug-likeness (QED) is 0.649. The molecule has 10 heteroatoms. The van der Waals surface area contributed by atoms with Crippen LogP contribution in [0.15, 0.2) is 42.5 Å². The Bertz CT molecular complexity index is 1120. The number of fused-ring (bicyclic) bond motifs is 1. The van der Waals surface area contributed by atoms with Gasteiger partial charge in [-0.25, -0.2) is 0 Å². The first kappa shape index (κ1) is 20.7. The molecular formula is C21H19F3N6O. The summed E-state index contributed by atoms with van der Waals surface area (Å²) in [5, 5.41) is 13.6. The summed E-state index contributed by atoms with van der Waals surface area (Å²) in [4.78, 5) is 14.2. The van der Waals surface area contributed by atoms with Gasteiger partial charge >= 0.3 is 6.18 Å². The van der Waals surface area contributed by atoms with Gasteiger partial charge in [-0.2, -0.15) is 17.7 Å². The Hall–Kier alpha value is -3.61. The molecule has 0 spiro atoms. The minimum atomic E-state index is -4.64. The van der Waals surface area contributed by atoms with E-state index in [1.807, 2.05) is 35.2 Å². The summed E-state index contributed by atoms with van der Waals surface area (Å²) in [5.41, 5.74) is 0.915. The molecule has 0 saturated carbocycles. The highest BCUT2D eigenvalue weighted by molar-refractivity contribution is 5.79. The Morgan fingerprint density at radius 2 is 1.84 bits per heavy atom. The van der Waals surface area contributed by atoms with Crippen LogP contribution in [0.4, 0.5) is 19.0 Å². The predicted octanol–water partition coefficient (Wildman–Crippen LogP) is 2.53. The van der Waals surface area contributed by atoms with Crippen molar-refractivity contribution in [2.45, 2.75) is 19.0 Å². The van der Waals surface area contributed by atoms with Gasteiger partial charge < -0.3 is 10.2 Å². The van der Waals surface area contributed by atoms with E-state index in [-0.39, 0.29) is 24.0 Å². The fourth-order valence-electron chi connectivity index (χ4n) is 3.44. The second-order valence-electron chi connectivity index (χ2n) is 7.13. The average Bonchev–Trinajstić information content (AvgIpc) is 3.21. The standard InChI is InChI=1S/C21H19F3N6O/c22-21(23,24)20-27-26-17-8-9-18(28-30(17)20)29-13-10-16(11-14-29)19(31)25-12-4-7-15-5-2-1-3-6-15/h1-3,5-6,8-9,16H,10-14H2,(H,25,31). The molecule has 31 heavy (non-hydrogen) atoms. The van der Waals surface area contributed by atoms with Gasteiger partial charge in [0, 0.05) is 24.6 Å². The first-order valence-corrected chi connectivity index (χ1v) is 9.78. The molecule has 3 aromatic rings. The molecule has 1 amide bonds. The molecule has 160 valence electrons. The maximum atomic E-state index is 13.1. The molecule has 1 aromatic carbocycles. The Morgan fingerprint density at radius 1 is 1.10 bits per heavy atom. The second kappa shape index (κ2) is 8.63. The van der Waals surface area contributed by atoms with Crippen LogP contribution < -0.4 is 10.2 Å². The lowest BCUT2D eigenvalue weighted by atomic mass is 9.96. The third kappa shape index (κ3) is 4.77. The highest BCUT2D eigenvalue weighted by Crippen LogP contribution is 2.28. The number of nitrogens with one attached hydrogen (secondary N) is 1. The van der Waals surface area contributed by atoms with Crippen LogP contribution in [0.2, 0.25) is 0 Å². The summed E-state index contributed by atoms with van der Waals surface area (Å²) in [6.07, 6.45) is -3.49. The topological polar surface area (TPSA) is 75.4 Å². The van der Waals surface area contributed by atoms with Crippen molar-refractivity contribution in [2.24, 2.45) is 5.92 Å². The van der Waals surface area contributed by atoms with Crippen LogP contribution in [0.3, 0.4) is 0 Å². The Kier molecular flexibility index (Phi) is 5.75. The number of amides is 1. The van der Waals surface area contributed by atoms with Gasteiger partial charge in [-0.05, 0) is 37.1 Å². The van der Waals surface area contributed by atoms with E-state index >= 15 is 0 Å². The van der Waals surface area contributed by atoms with Gasteiger partial charge in [-0.1, -0.05) is 30.0 Å². The maximum Gasteiger partial charge on any atom is 0.453 e. The van der Waals surface area contributed by atoms with Gasteiger partial charge in [-0.3, -0.25) is 4.79 Å². The van der Waals surface area contributed by atoms with Crippen molar-refractivity contribution in [3.63, 3.8) is 0 Å². The van der Waals surface area contributed by atoms with Crippen molar-refractivity contribution in [1.82, 2.24) is 25.1 Å². The lowest BCUT2D eigenvalue weighted by molar-refractivity contribution is -0.146. The molecular weight excluding hydrogens is 409 g/mol. The molecule has 1 saturated heterocycles. The summed E-state index contributed by atoms with van der Waals surface area (Å²) in [7, 11) is 0. The zero-order chi connectivity index (χ0) is 21.8. The number of hydrogen-bond donors (Lipinski definition) is 1. The van der Waals surface area contributed by atoms with E-state index in [2.05, 4.69) is 32.5 Å². The molecule has 7 nitrogen and oxygen atoms in total. The molecule has 0 radical (unpaired) electrons. The second-order valence-corrected chi connectivity index (χ2v) is 7.13. The normalized spacial score (nSPS) is 14.9. The molecule has 1 aliphatic rings. The van der Waals surface area contributed by atoms with E-state index in [1.165, 1.54) is 6.07 Å². The van der Waals surface area contributed by atoms with Crippen LogP contribution in [0, 0.1) is 17.8 Å². The van der Waals surface area contributed by atoms with E-state index in [4.69, 9.17) is 0 Å². The van der Waals surface area contributed by atoms with Crippen molar-refractivity contribution >= 4 is 17.4 Å². The number of benzene rings is 1. The van der Waals surface area contributed by atoms with Crippen molar-refractivity contribution < 1.29 is 18.0 Å². The van der Waals surface area contributed by atoms with E-state index in [0.717, 1.165) is 5.56 Å². The van der Waals surface area contributed by atoms with Gasteiger partial charge in [0.25, 0.3) is 5.82 Å². The minimum Gasteiger partial charge on any atom is -0.355 e. The van der Waals surface area contributed by atoms with Gasteiger partial charge in [0.15, 0.2) is 5.65 Å². The zero-order valence-electron chi connectivity index (χ0n) is 16.4. The van der Waals surface area contributed by atoms with E-state index in [9.17, 15) is 18.0 Å². The third-order valence-corrected chi connectivity index (χ3v) is 5.05. The van der Waals surface area contributed by atoms with Crippen LogP contribution in [-0.2, 0) is 11.0 Å². The van der Waals surface area contributed by atoms with Crippen LogP contribution in [0.25, 0.3) is 5.65 Å². The van der Waals surface area contributed by atoms with Crippen LogP contribution in [0.1, 0.15) is 24.2 Å². The summed E-state index contributed by atoms with van der Waals surface area (Å²) in [6.45, 7) is 1.28. The fraction of sp³-hybridized carbons (Fsp3) is 0.333. The molecule has 0 aliphatic carbocycles. The zero-order valence-corrected chi connectivity index (χ0v) is 16.4. The van der Waals surface area contributed by atoms with E-state index in [1.54, 1.807) is 6.07 Å². The fourth-order valence-corrected chi connectivity index (χ4v) is 3.44. The Balaban J connectivity index is 1.33. The van der Waals surface area contributed by atoms with Crippen molar-refractivity contribution in [3.05, 3.63) is 53.9 Å². The van der Waals surface area contributed by atoms with E-state index < -0.39 is 12.0 Å². The maximum absolute atomic E-state index is 13.1. The van der Waals surface area contributed by atoms with Crippen molar-refractivity contribution in [3.8, 4) is 11.8 Å². The van der Waals surface area contributed by atoms with Crippen LogP contribution >= 0.6 is 0 Å². The lowest BCUT2D eigenvalue weighted by Crippen LogP contribution is -2.41. The summed E-state index contributed by atoms with van der Waals surface area (Å²) >= 11 is 0. The number of halogens is 3. The Morgan fingerprint density at radius 3 is 2.55 bits per heavy atom. The minimum absolute atomic E-state index is 0.0296. The molecule has 1 fully saturated rings. The number of carbonyl (C=O) groups is 1. The molecule has 1 aliphatic heterocycles. The van der Waals surface area contributed by atoms with Gasteiger partial charge in [0.2, 0.25) is 5.91 Å². The van der Waals surface area contributed by atoms with Crippen LogP contribution in [0.5, 0.6) is 0 Å². The smallest absolute Gasteiger partial charge is 0.355 e. The first-order valence-electron chi connectivity index (χ1n) is 9.78. The summed E-state index contributed by atoms with van der Waals surface area (Å²) < 4.78 is 39.9. The highest BCUT2D eigenvalue weighted by Gasteiger charge is 2.38. The average molecular weight is 428 g/mol. The number of alkyl halides is 3. The van der Waals surface area contributed by atoms with E-state index in [0.29, 0.717) is 36.3 Å². The SMILES string of the molecule is O=C(NCC#Cc1ccccc1)C1CCN(c2ccc3nnc(C(F)(F)F)n3n2)CC1. The van der Waals surface area contributed by atoms with Crippen LogP contribution in [-0.4, -0.2) is 45.4 Å². The number of anilines is 1. The molecule has 2 aromatic heterocycles. The lowest BCUT2D eigenvalue weighted by Gasteiger charge is -2.31. The number of aromatic nitrogens is 4. The monoisotopic (exact) mass is 428 g/mol. The summed E-state index contributed by atoms with van der Waals surface area (Å²) in [6, 6.07) is 12.6. The van der Waals surface area contributed by atoms with Crippen molar-refractivity contribution in [1.29, 1.82) is 0 Å². The molecule has 1 N–H and O–H groups in total. The van der Waals surface area contributed by atoms with Gasteiger partial charge in [0.1, 0.15) is 5.82 Å². The molecule has 3 heterocycles. The van der Waals surface area contributed by atoms with Gasteiger partial charge in [0.05, 0.1) is 6.54 Å². The van der Waals surface area contributed by atoms with Crippen molar-refractivity contribution in [2.75, 3.05) is 24.5 Å². The largest absolute Gasteiger partial charge is 0.453 e. The molecule has 0 atom stereocenters.